The van der Waals surface area contributed by atoms with E-state index in [2.05, 4.69) is 38.3 Å². The Balaban J connectivity index is 1.56. The molecule has 0 aliphatic carbocycles. The lowest BCUT2D eigenvalue weighted by molar-refractivity contribution is -0.120. The molecule has 0 radical (unpaired) electrons. The molecule has 8 heteroatoms. The van der Waals surface area contributed by atoms with Crippen molar-refractivity contribution in [3.8, 4) is 0 Å². The molecule has 0 atom stereocenters. The fourth-order valence-corrected chi connectivity index (χ4v) is 3.41. The molecule has 8 nitrogen and oxygen atoms in total. The molecule has 1 amide bonds. The Morgan fingerprint density at radius 2 is 2.15 bits per heavy atom. The van der Waals surface area contributed by atoms with Gasteiger partial charge in [0.2, 0.25) is 5.91 Å². The monoisotopic (exact) mass is 372 g/mol. The van der Waals surface area contributed by atoms with Crippen LogP contribution < -0.4 is 10.9 Å². The van der Waals surface area contributed by atoms with Crippen molar-refractivity contribution < 1.29 is 4.79 Å². The number of amides is 1. The highest BCUT2D eigenvalue weighted by molar-refractivity contribution is 5.78. The number of carbonyl (C=O) groups excluding carboxylic acids is 1. The fraction of sp³-hybridized carbons (Fsp3) is 0.579. The molecule has 27 heavy (non-hydrogen) atoms. The molecule has 0 bridgehead atoms. The van der Waals surface area contributed by atoms with Gasteiger partial charge in [0, 0.05) is 24.3 Å². The van der Waals surface area contributed by atoms with Crippen LogP contribution in [0.2, 0.25) is 0 Å². The molecule has 0 aromatic carbocycles. The largest absolute Gasteiger partial charge is 0.350 e. The smallest absolute Gasteiger partial charge is 0.254 e. The molecular formula is C19H28N6O2. The lowest BCUT2D eigenvalue weighted by atomic mass is 10.1. The van der Waals surface area contributed by atoms with Crippen LogP contribution in [0.1, 0.15) is 48.2 Å². The molecule has 0 fully saturated rings. The number of unbranched alkanes of at least 4 members (excludes halogenated alkanes) is 1. The minimum absolute atomic E-state index is 0.0206. The second-order valence-corrected chi connectivity index (χ2v) is 7.15. The maximum Gasteiger partial charge on any atom is 0.254 e. The van der Waals surface area contributed by atoms with Crippen LogP contribution in [0.4, 0.5) is 0 Å². The maximum absolute atomic E-state index is 12.3. The van der Waals surface area contributed by atoms with Gasteiger partial charge in [-0.3, -0.25) is 19.2 Å². The van der Waals surface area contributed by atoms with E-state index in [4.69, 9.17) is 0 Å². The average Bonchev–Trinajstić information content (AvgIpc) is 3.03. The highest BCUT2D eigenvalue weighted by atomic mass is 16.2. The molecule has 0 saturated heterocycles. The third kappa shape index (κ3) is 4.82. The van der Waals surface area contributed by atoms with Crippen molar-refractivity contribution in [2.75, 3.05) is 13.1 Å². The third-order valence-corrected chi connectivity index (χ3v) is 4.90. The third-order valence-electron chi connectivity index (χ3n) is 4.90. The van der Waals surface area contributed by atoms with E-state index in [9.17, 15) is 9.59 Å². The van der Waals surface area contributed by atoms with Gasteiger partial charge in [-0.25, -0.2) is 4.98 Å². The van der Waals surface area contributed by atoms with E-state index < -0.39 is 0 Å². The van der Waals surface area contributed by atoms with Crippen LogP contribution in [0.3, 0.4) is 0 Å². The number of aryl methyl sites for hydroxylation is 2. The summed E-state index contributed by atoms with van der Waals surface area (Å²) >= 11 is 0. The first kappa shape index (κ1) is 19.3. The lowest BCUT2D eigenvalue weighted by Crippen LogP contribution is -2.34. The Morgan fingerprint density at radius 1 is 1.33 bits per heavy atom. The SMILES string of the molecule is CCCCN1CCn2nc(CNC(=O)Cc3c(C)nc(C)[nH]c3=O)cc2C1. The van der Waals surface area contributed by atoms with Gasteiger partial charge < -0.3 is 10.3 Å². The van der Waals surface area contributed by atoms with Gasteiger partial charge >= 0.3 is 0 Å². The Bertz CT molecular complexity index is 870. The summed E-state index contributed by atoms with van der Waals surface area (Å²) < 4.78 is 2.03. The van der Waals surface area contributed by atoms with Crippen molar-refractivity contribution in [2.24, 2.45) is 0 Å². The van der Waals surface area contributed by atoms with E-state index >= 15 is 0 Å². The zero-order valence-electron chi connectivity index (χ0n) is 16.3. The summed E-state index contributed by atoms with van der Waals surface area (Å²) in [5.41, 5.74) is 2.80. The van der Waals surface area contributed by atoms with Gasteiger partial charge in [-0.1, -0.05) is 13.3 Å². The van der Waals surface area contributed by atoms with Crippen LogP contribution in [0, 0.1) is 13.8 Å². The lowest BCUT2D eigenvalue weighted by Gasteiger charge is -2.27. The Morgan fingerprint density at radius 3 is 2.89 bits per heavy atom. The van der Waals surface area contributed by atoms with Gasteiger partial charge in [-0.2, -0.15) is 5.10 Å². The number of carbonyl (C=O) groups is 1. The first-order valence-electron chi connectivity index (χ1n) is 9.57. The van der Waals surface area contributed by atoms with Crippen molar-refractivity contribution in [3.05, 3.63) is 44.9 Å². The van der Waals surface area contributed by atoms with Gasteiger partial charge in [0.25, 0.3) is 5.56 Å². The zero-order chi connectivity index (χ0) is 19.4. The summed E-state index contributed by atoms with van der Waals surface area (Å²) in [6.45, 7) is 9.97. The molecule has 146 valence electrons. The van der Waals surface area contributed by atoms with Crippen LogP contribution in [0.25, 0.3) is 0 Å². The maximum atomic E-state index is 12.3. The van der Waals surface area contributed by atoms with E-state index in [1.54, 1.807) is 13.8 Å². The Labute approximate surface area is 159 Å². The Kier molecular flexibility index (Phi) is 6.05. The van der Waals surface area contributed by atoms with Gasteiger partial charge in [0.1, 0.15) is 5.82 Å². The highest BCUT2D eigenvalue weighted by Gasteiger charge is 2.18. The molecule has 2 aromatic rings. The molecule has 0 saturated carbocycles. The van der Waals surface area contributed by atoms with Crippen molar-refractivity contribution in [1.29, 1.82) is 0 Å². The van der Waals surface area contributed by atoms with Crippen LogP contribution in [0.15, 0.2) is 10.9 Å². The molecule has 3 rings (SSSR count). The Hall–Kier alpha value is -2.48. The molecule has 2 N–H and O–H groups in total. The fourth-order valence-electron chi connectivity index (χ4n) is 3.41. The summed E-state index contributed by atoms with van der Waals surface area (Å²) in [5.74, 6) is 0.350. The van der Waals surface area contributed by atoms with Crippen LogP contribution in [-0.2, 0) is 30.8 Å². The van der Waals surface area contributed by atoms with Gasteiger partial charge in [0.15, 0.2) is 0 Å². The average molecular weight is 372 g/mol. The minimum Gasteiger partial charge on any atom is -0.350 e. The molecule has 1 aliphatic heterocycles. The van der Waals surface area contributed by atoms with E-state index in [1.807, 2.05) is 4.68 Å². The summed E-state index contributed by atoms with van der Waals surface area (Å²) in [5, 5.41) is 7.45. The first-order chi connectivity index (χ1) is 13.0. The van der Waals surface area contributed by atoms with E-state index in [0.29, 0.717) is 23.6 Å². The number of hydrogen-bond acceptors (Lipinski definition) is 5. The number of H-pyrrole nitrogens is 1. The van der Waals surface area contributed by atoms with E-state index in [0.717, 1.165) is 31.9 Å². The van der Waals surface area contributed by atoms with Crippen molar-refractivity contribution in [2.45, 2.75) is 59.7 Å². The number of aromatic amines is 1. The van der Waals surface area contributed by atoms with E-state index in [1.165, 1.54) is 18.5 Å². The quantitative estimate of drug-likeness (QED) is 0.758. The molecule has 3 heterocycles. The molecule has 0 spiro atoms. The van der Waals surface area contributed by atoms with Gasteiger partial charge in [-0.05, 0) is 32.9 Å². The van der Waals surface area contributed by atoms with Crippen LogP contribution in [0.5, 0.6) is 0 Å². The van der Waals surface area contributed by atoms with Crippen molar-refractivity contribution in [1.82, 2.24) is 30.0 Å². The number of hydrogen-bond donors (Lipinski definition) is 2. The topological polar surface area (TPSA) is 95.9 Å². The summed E-state index contributed by atoms with van der Waals surface area (Å²) in [4.78, 5) is 33.6. The molecule has 2 aromatic heterocycles. The summed E-state index contributed by atoms with van der Waals surface area (Å²) in [7, 11) is 0. The van der Waals surface area contributed by atoms with Crippen LogP contribution in [-0.4, -0.2) is 43.6 Å². The number of aromatic nitrogens is 4. The molecular weight excluding hydrogens is 344 g/mol. The second-order valence-electron chi connectivity index (χ2n) is 7.15. The van der Waals surface area contributed by atoms with Crippen LogP contribution >= 0.6 is 0 Å². The standard InChI is InChI=1S/C19H28N6O2/c1-4-5-6-24-7-8-25-16(12-24)9-15(23-25)11-20-18(26)10-17-13(2)21-14(3)22-19(17)27/h9H,4-8,10-12H2,1-3H3,(H,20,26)(H,21,22,27). The zero-order valence-corrected chi connectivity index (χ0v) is 16.3. The normalized spacial score (nSPS) is 14.2. The predicted molar refractivity (Wildman–Crippen MR) is 102 cm³/mol. The van der Waals surface area contributed by atoms with Crippen molar-refractivity contribution in [3.63, 3.8) is 0 Å². The van der Waals surface area contributed by atoms with Gasteiger partial charge in [-0.15, -0.1) is 0 Å². The van der Waals surface area contributed by atoms with Gasteiger partial charge in [0.05, 0.1) is 30.9 Å². The van der Waals surface area contributed by atoms with E-state index in [-0.39, 0.29) is 17.9 Å². The number of nitrogens with zero attached hydrogens (tertiary/aromatic N) is 4. The highest BCUT2D eigenvalue weighted by Crippen LogP contribution is 2.14. The van der Waals surface area contributed by atoms with Crippen molar-refractivity contribution >= 4 is 5.91 Å². The number of rotatable bonds is 7. The molecule has 1 aliphatic rings. The number of nitrogens with one attached hydrogen (secondary N) is 2. The predicted octanol–water partition coefficient (Wildman–Crippen LogP) is 1.06. The minimum atomic E-state index is -0.250. The molecule has 0 unspecified atom stereocenters. The summed E-state index contributed by atoms with van der Waals surface area (Å²) in [6.07, 6.45) is 2.43. The first-order valence-corrected chi connectivity index (χ1v) is 9.57. The number of fused-ring (bicyclic) bond motifs is 1. The second kappa shape index (κ2) is 8.47. The summed E-state index contributed by atoms with van der Waals surface area (Å²) in [6, 6.07) is 2.06.